The van der Waals surface area contributed by atoms with Gasteiger partial charge >= 0.3 is 12.0 Å². The Labute approximate surface area is 181 Å². The molecular formula is C24H26N4O3. The van der Waals surface area contributed by atoms with Gasteiger partial charge in [0, 0.05) is 30.4 Å². The molecule has 1 aliphatic rings. The second kappa shape index (κ2) is 8.63. The Kier molecular flexibility index (Phi) is 5.75. The van der Waals surface area contributed by atoms with Crippen molar-refractivity contribution < 1.29 is 14.7 Å². The van der Waals surface area contributed by atoms with E-state index in [2.05, 4.69) is 5.32 Å². The van der Waals surface area contributed by atoms with Gasteiger partial charge in [-0.3, -0.25) is 4.68 Å². The molecule has 0 bridgehead atoms. The molecule has 1 atom stereocenters. The first-order chi connectivity index (χ1) is 15.0. The fourth-order valence-corrected chi connectivity index (χ4v) is 4.06. The van der Waals surface area contributed by atoms with E-state index in [0.29, 0.717) is 25.9 Å². The number of amides is 2. The molecule has 7 nitrogen and oxygen atoms in total. The number of carboxylic acids is 1. The number of hydrogen-bond acceptors (Lipinski definition) is 3. The van der Waals surface area contributed by atoms with Crippen molar-refractivity contribution >= 4 is 12.0 Å². The third kappa shape index (κ3) is 4.30. The Morgan fingerprint density at radius 2 is 1.77 bits per heavy atom. The molecule has 2 N–H and O–H groups in total. The topological polar surface area (TPSA) is 87.5 Å². The van der Waals surface area contributed by atoms with Crippen LogP contribution in [0.1, 0.15) is 30.9 Å². The first kappa shape index (κ1) is 20.7. The van der Waals surface area contributed by atoms with Crippen LogP contribution in [0.25, 0.3) is 11.3 Å². The summed E-state index contributed by atoms with van der Waals surface area (Å²) in [5.74, 6) is -0.971. The van der Waals surface area contributed by atoms with Crippen molar-refractivity contribution in [1.29, 1.82) is 0 Å². The molecule has 1 fully saturated rings. The molecule has 2 aromatic carbocycles. The van der Waals surface area contributed by atoms with Crippen LogP contribution < -0.4 is 5.32 Å². The summed E-state index contributed by atoms with van der Waals surface area (Å²) in [4.78, 5) is 25.9. The summed E-state index contributed by atoms with van der Waals surface area (Å²) < 4.78 is 1.87. The molecule has 0 aliphatic carbocycles. The first-order valence-electron chi connectivity index (χ1n) is 10.4. The molecule has 4 rings (SSSR count). The van der Waals surface area contributed by atoms with E-state index in [0.717, 1.165) is 22.4 Å². The summed E-state index contributed by atoms with van der Waals surface area (Å²) >= 11 is 0. The third-order valence-corrected chi connectivity index (χ3v) is 5.85. The minimum atomic E-state index is -1.16. The summed E-state index contributed by atoms with van der Waals surface area (Å²) in [7, 11) is 0. The van der Waals surface area contributed by atoms with Crippen LogP contribution >= 0.6 is 0 Å². The van der Waals surface area contributed by atoms with E-state index < -0.39 is 11.5 Å². The summed E-state index contributed by atoms with van der Waals surface area (Å²) in [5, 5.41) is 17.3. The fourth-order valence-electron chi connectivity index (χ4n) is 4.06. The van der Waals surface area contributed by atoms with Crippen molar-refractivity contribution in [2.45, 2.75) is 38.4 Å². The number of aromatic nitrogens is 2. The lowest BCUT2D eigenvalue weighted by Gasteiger charge is -2.31. The van der Waals surface area contributed by atoms with Gasteiger partial charge in [0.25, 0.3) is 0 Å². The summed E-state index contributed by atoms with van der Waals surface area (Å²) in [6, 6.07) is 19.5. The van der Waals surface area contributed by atoms with E-state index in [9.17, 15) is 14.7 Å². The van der Waals surface area contributed by atoms with Crippen LogP contribution in [0.4, 0.5) is 4.79 Å². The lowest BCUT2D eigenvalue weighted by molar-refractivity contribution is -0.147. The first-order valence-corrected chi connectivity index (χ1v) is 10.4. The van der Waals surface area contributed by atoms with Crippen LogP contribution in [-0.2, 0) is 17.9 Å². The lowest BCUT2D eigenvalue weighted by atomic mass is 10.00. The van der Waals surface area contributed by atoms with Gasteiger partial charge < -0.3 is 15.3 Å². The monoisotopic (exact) mass is 418 g/mol. The predicted molar refractivity (Wildman–Crippen MR) is 117 cm³/mol. The second-order valence-corrected chi connectivity index (χ2v) is 8.05. The summed E-state index contributed by atoms with van der Waals surface area (Å²) in [6.45, 7) is 2.94. The highest BCUT2D eigenvalue weighted by molar-refractivity contribution is 5.86. The van der Waals surface area contributed by atoms with Crippen molar-refractivity contribution in [2.24, 2.45) is 0 Å². The molecule has 0 radical (unpaired) electrons. The standard InChI is InChI=1S/C24H26N4O3/c1-24(22(29)30)13-8-14-28(24)23(31)25-15-20-17-27(16-18-9-4-2-5-10-18)26-21(20)19-11-6-3-7-12-19/h2-7,9-12,17H,8,13-16H2,1H3,(H,25,31)(H,29,30)/t24-/m0/s1. The van der Waals surface area contributed by atoms with Gasteiger partial charge in [0.1, 0.15) is 5.54 Å². The van der Waals surface area contributed by atoms with Crippen LogP contribution in [0.15, 0.2) is 66.9 Å². The van der Waals surface area contributed by atoms with Crippen LogP contribution in [0, 0.1) is 0 Å². The number of urea groups is 1. The van der Waals surface area contributed by atoms with Crippen LogP contribution in [0.3, 0.4) is 0 Å². The number of nitrogens with one attached hydrogen (secondary N) is 1. The molecular weight excluding hydrogens is 392 g/mol. The fraction of sp³-hybridized carbons (Fsp3) is 0.292. The highest BCUT2D eigenvalue weighted by Crippen LogP contribution is 2.29. The zero-order valence-corrected chi connectivity index (χ0v) is 17.5. The van der Waals surface area contributed by atoms with E-state index in [1.54, 1.807) is 6.92 Å². The smallest absolute Gasteiger partial charge is 0.329 e. The molecule has 1 saturated heterocycles. The maximum absolute atomic E-state index is 12.8. The molecule has 0 unspecified atom stereocenters. The van der Waals surface area contributed by atoms with Gasteiger partial charge in [0.05, 0.1) is 12.2 Å². The largest absolute Gasteiger partial charge is 0.480 e. The molecule has 160 valence electrons. The molecule has 2 heterocycles. The average Bonchev–Trinajstić information content (AvgIpc) is 3.37. The number of aliphatic carboxylic acids is 1. The molecule has 31 heavy (non-hydrogen) atoms. The van der Waals surface area contributed by atoms with Crippen molar-refractivity contribution in [3.63, 3.8) is 0 Å². The highest BCUT2D eigenvalue weighted by atomic mass is 16.4. The van der Waals surface area contributed by atoms with Crippen LogP contribution in [0.5, 0.6) is 0 Å². The van der Waals surface area contributed by atoms with E-state index in [-0.39, 0.29) is 12.6 Å². The zero-order chi connectivity index (χ0) is 21.8. The van der Waals surface area contributed by atoms with E-state index >= 15 is 0 Å². The van der Waals surface area contributed by atoms with Gasteiger partial charge in [-0.15, -0.1) is 0 Å². The van der Waals surface area contributed by atoms with E-state index in [1.807, 2.05) is 71.5 Å². The number of carbonyl (C=O) groups excluding carboxylic acids is 1. The van der Waals surface area contributed by atoms with Gasteiger partial charge in [-0.1, -0.05) is 60.7 Å². The quantitative estimate of drug-likeness (QED) is 0.638. The van der Waals surface area contributed by atoms with Crippen LogP contribution in [-0.4, -0.2) is 43.9 Å². The van der Waals surface area contributed by atoms with Gasteiger partial charge in [0.2, 0.25) is 0 Å². The Bertz CT molecular complexity index is 1060. The maximum atomic E-state index is 12.8. The number of benzene rings is 2. The minimum Gasteiger partial charge on any atom is -0.480 e. The van der Waals surface area contributed by atoms with Crippen molar-refractivity contribution in [1.82, 2.24) is 20.0 Å². The SMILES string of the molecule is C[C@@]1(C(=O)O)CCCN1C(=O)NCc1cn(Cc2ccccc2)nc1-c1ccccc1. The van der Waals surface area contributed by atoms with Gasteiger partial charge in [0.15, 0.2) is 0 Å². The van der Waals surface area contributed by atoms with Gasteiger partial charge in [-0.2, -0.15) is 5.10 Å². The average molecular weight is 418 g/mol. The van der Waals surface area contributed by atoms with Crippen molar-refractivity contribution in [2.75, 3.05) is 6.54 Å². The van der Waals surface area contributed by atoms with Gasteiger partial charge in [-0.05, 0) is 25.3 Å². The number of carboxylic acid groups (broad SMARTS) is 1. The molecule has 1 aliphatic heterocycles. The predicted octanol–water partition coefficient (Wildman–Crippen LogP) is 3.75. The van der Waals surface area contributed by atoms with Gasteiger partial charge in [-0.25, -0.2) is 9.59 Å². The Hall–Kier alpha value is -3.61. The Morgan fingerprint density at radius 3 is 2.45 bits per heavy atom. The highest BCUT2D eigenvalue weighted by Gasteiger charge is 2.45. The zero-order valence-electron chi connectivity index (χ0n) is 17.5. The van der Waals surface area contributed by atoms with Crippen molar-refractivity contribution in [3.8, 4) is 11.3 Å². The lowest BCUT2D eigenvalue weighted by Crippen LogP contribution is -2.53. The molecule has 3 aromatic rings. The number of likely N-dealkylation sites (tertiary alicyclic amines) is 1. The molecule has 1 aromatic heterocycles. The van der Waals surface area contributed by atoms with E-state index in [4.69, 9.17) is 5.10 Å². The third-order valence-electron chi connectivity index (χ3n) is 5.85. The molecule has 2 amide bonds. The van der Waals surface area contributed by atoms with E-state index in [1.165, 1.54) is 4.90 Å². The summed E-state index contributed by atoms with van der Waals surface area (Å²) in [6.07, 6.45) is 3.08. The molecule has 0 spiro atoms. The number of rotatable bonds is 6. The number of hydrogen-bond donors (Lipinski definition) is 2. The molecule has 0 saturated carbocycles. The van der Waals surface area contributed by atoms with Crippen molar-refractivity contribution in [3.05, 3.63) is 78.0 Å². The van der Waals surface area contributed by atoms with Crippen LogP contribution in [0.2, 0.25) is 0 Å². The normalized spacial score (nSPS) is 18.2. The number of carbonyl (C=O) groups is 2. The Balaban J connectivity index is 1.55. The minimum absolute atomic E-state index is 0.268. The maximum Gasteiger partial charge on any atom is 0.329 e. The second-order valence-electron chi connectivity index (χ2n) is 8.05. The number of nitrogens with zero attached hydrogens (tertiary/aromatic N) is 3. The Morgan fingerprint density at radius 1 is 1.10 bits per heavy atom. The molecule has 7 heteroatoms. The summed E-state index contributed by atoms with van der Waals surface area (Å²) in [5.41, 5.74) is 2.62.